The molecule has 0 radical (unpaired) electrons. The lowest BCUT2D eigenvalue weighted by Crippen LogP contribution is -2.07. The highest BCUT2D eigenvalue weighted by atomic mass is 79.9. The highest BCUT2D eigenvalue weighted by Gasteiger charge is 2.13. The number of rotatable bonds is 5. The van der Waals surface area contributed by atoms with Crippen molar-refractivity contribution >= 4 is 21.9 Å². The molecule has 0 saturated carbocycles. The molecule has 0 aliphatic heterocycles. The van der Waals surface area contributed by atoms with Gasteiger partial charge in [0.15, 0.2) is 5.75 Å². The Bertz CT molecular complexity index is 658. The van der Waals surface area contributed by atoms with Crippen molar-refractivity contribution in [1.82, 2.24) is 4.98 Å². The van der Waals surface area contributed by atoms with E-state index in [9.17, 15) is 4.79 Å². The van der Waals surface area contributed by atoms with Gasteiger partial charge in [-0.15, -0.1) is 0 Å². The van der Waals surface area contributed by atoms with E-state index >= 15 is 0 Å². The number of nitrogens with zero attached hydrogens (tertiary/aromatic N) is 1. The Morgan fingerprint density at radius 2 is 2.05 bits per heavy atom. The summed E-state index contributed by atoms with van der Waals surface area (Å²) in [6.07, 6.45) is 1.56. The largest absolute Gasteiger partial charge is 0.485 e. The van der Waals surface area contributed by atoms with Crippen molar-refractivity contribution in [1.29, 1.82) is 0 Å². The molecular weight excluding hydrogens is 338 g/mol. The zero-order chi connectivity index (χ0) is 15.4. The summed E-state index contributed by atoms with van der Waals surface area (Å²) in [7, 11) is 0. The number of ether oxygens (including phenoxy) is 2. The third kappa shape index (κ3) is 3.95. The van der Waals surface area contributed by atoms with Crippen LogP contribution < -0.4 is 9.47 Å². The summed E-state index contributed by atoms with van der Waals surface area (Å²) in [5, 5.41) is 9.03. The zero-order valence-corrected chi connectivity index (χ0v) is 13.1. The van der Waals surface area contributed by atoms with Crippen molar-refractivity contribution in [3.63, 3.8) is 0 Å². The van der Waals surface area contributed by atoms with E-state index in [-0.39, 0.29) is 17.5 Å². The second-order valence-electron chi connectivity index (χ2n) is 4.53. The van der Waals surface area contributed by atoms with Gasteiger partial charge in [-0.05, 0) is 60.1 Å². The fraction of sp³-hybridized carbons (Fsp3) is 0.200. The van der Waals surface area contributed by atoms with Crippen LogP contribution >= 0.6 is 15.9 Å². The molecular formula is C15H14BrNO4. The van der Waals surface area contributed by atoms with Gasteiger partial charge in [0, 0.05) is 6.20 Å². The molecule has 2 rings (SSSR count). The number of hydrogen-bond donors (Lipinski definition) is 1. The third-order valence-corrected chi connectivity index (χ3v) is 3.14. The lowest BCUT2D eigenvalue weighted by Gasteiger charge is -2.14. The van der Waals surface area contributed by atoms with Crippen LogP contribution in [0.1, 0.15) is 24.2 Å². The van der Waals surface area contributed by atoms with Crippen LogP contribution in [0, 0.1) is 0 Å². The number of carboxylic acids is 1. The quantitative estimate of drug-likeness (QED) is 0.877. The summed E-state index contributed by atoms with van der Waals surface area (Å²) in [6, 6.07) is 8.03. The van der Waals surface area contributed by atoms with E-state index in [1.807, 2.05) is 13.8 Å². The van der Waals surface area contributed by atoms with Gasteiger partial charge in [0.05, 0.1) is 16.1 Å². The Kier molecular flexibility index (Phi) is 4.80. The molecule has 5 nitrogen and oxygen atoms in total. The van der Waals surface area contributed by atoms with Gasteiger partial charge < -0.3 is 14.6 Å². The second kappa shape index (κ2) is 6.58. The number of halogens is 1. The number of benzene rings is 1. The number of hydrogen-bond acceptors (Lipinski definition) is 4. The van der Waals surface area contributed by atoms with Gasteiger partial charge in [-0.3, -0.25) is 0 Å². The molecule has 0 saturated heterocycles. The highest BCUT2D eigenvalue weighted by molar-refractivity contribution is 9.10. The van der Waals surface area contributed by atoms with Gasteiger partial charge in [0.1, 0.15) is 5.75 Å². The number of pyridine rings is 1. The van der Waals surface area contributed by atoms with Crippen LogP contribution in [0.4, 0.5) is 0 Å². The van der Waals surface area contributed by atoms with Gasteiger partial charge in [-0.2, -0.15) is 0 Å². The molecule has 0 fully saturated rings. The maximum Gasteiger partial charge on any atom is 0.335 e. The number of aromatic nitrogens is 1. The Hall–Kier alpha value is -2.08. The minimum atomic E-state index is -1.02. The number of aromatic carboxylic acids is 1. The first-order valence-corrected chi connectivity index (χ1v) is 7.09. The lowest BCUT2D eigenvalue weighted by molar-refractivity contribution is 0.0696. The molecule has 0 aliphatic carbocycles. The monoisotopic (exact) mass is 351 g/mol. The number of carbonyl (C=O) groups is 1. The molecule has 0 atom stereocenters. The standard InChI is InChI=1S/C15H14BrNO4/c1-9(2)20-12-4-3-7-17-14(12)21-13-8-10(15(18)19)5-6-11(13)16/h3-9H,1-2H3,(H,18,19). The van der Waals surface area contributed by atoms with Crippen LogP contribution in [0.2, 0.25) is 0 Å². The van der Waals surface area contributed by atoms with E-state index in [1.165, 1.54) is 12.1 Å². The van der Waals surface area contributed by atoms with E-state index in [4.69, 9.17) is 14.6 Å². The van der Waals surface area contributed by atoms with Crippen molar-refractivity contribution < 1.29 is 19.4 Å². The normalized spacial score (nSPS) is 10.5. The fourth-order valence-corrected chi connectivity index (χ4v) is 1.94. The first-order chi connectivity index (χ1) is 9.97. The Morgan fingerprint density at radius 3 is 2.71 bits per heavy atom. The fourth-order valence-electron chi connectivity index (χ4n) is 1.62. The van der Waals surface area contributed by atoms with Gasteiger partial charge >= 0.3 is 5.97 Å². The molecule has 0 amide bonds. The summed E-state index contributed by atoms with van der Waals surface area (Å²) in [5.41, 5.74) is 0.135. The van der Waals surface area contributed by atoms with Crippen LogP contribution in [-0.2, 0) is 0 Å². The average molecular weight is 352 g/mol. The van der Waals surface area contributed by atoms with Crippen molar-refractivity contribution in [2.24, 2.45) is 0 Å². The molecule has 6 heteroatoms. The minimum absolute atomic E-state index is 0.0228. The second-order valence-corrected chi connectivity index (χ2v) is 5.38. The van der Waals surface area contributed by atoms with Gasteiger partial charge in [0.25, 0.3) is 5.88 Å². The van der Waals surface area contributed by atoms with E-state index in [2.05, 4.69) is 20.9 Å². The molecule has 0 unspecified atom stereocenters. The lowest BCUT2D eigenvalue weighted by atomic mass is 10.2. The van der Waals surface area contributed by atoms with E-state index in [0.717, 1.165) is 0 Å². The molecule has 1 aromatic heterocycles. The highest BCUT2D eigenvalue weighted by Crippen LogP contribution is 2.34. The molecule has 0 bridgehead atoms. The summed E-state index contributed by atoms with van der Waals surface area (Å²) in [6.45, 7) is 3.80. The van der Waals surface area contributed by atoms with Crippen molar-refractivity contribution in [2.45, 2.75) is 20.0 Å². The summed E-state index contributed by atoms with van der Waals surface area (Å²) < 4.78 is 11.9. The Labute approximate surface area is 130 Å². The van der Waals surface area contributed by atoms with Crippen LogP contribution in [-0.4, -0.2) is 22.2 Å². The molecule has 1 N–H and O–H groups in total. The summed E-state index contributed by atoms with van der Waals surface area (Å²) in [4.78, 5) is 15.1. The molecule has 1 aromatic carbocycles. The minimum Gasteiger partial charge on any atom is -0.485 e. The van der Waals surface area contributed by atoms with Crippen LogP contribution in [0.15, 0.2) is 41.0 Å². The Balaban J connectivity index is 2.34. The van der Waals surface area contributed by atoms with Crippen LogP contribution in [0.3, 0.4) is 0 Å². The maximum atomic E-state index is 11.0. The molecule has 21 heavy (non-hydrogen) atoms. The molecule has 0 spiro atoms. The van der Waals surface area contributed by atoms with Crippen LogP contribution in [0.25, 0.3) is 0 Å². The summed E-state index contributed by atoms with van der Waals surface area (Å²) in [5.74, 6) is 0.129. The topological polar surface area (TPSA) is 68.7 Å². The molecule has 110 valence electrons. The van der Waals surface area contributed by atoms with E-state index < -0.39 is 5.97 Å². The van der Waals surface area contributed by atoms with Crippen molar-refractivity contribution in [2.75, 3.05) is 0 Å². The van der Waals surface area contributed by atoms with Gasteiger partial charge in [-0.1, -0.05) is 0 Å². The summed E-state index contributed by atoms with van der Waals surface area (Å²) >= 11 is 3.33. The van der Waals surface area contributed by atoms with Crippen molar-refractivity contribution in [3.8, 4) is 17.4 Å². The Morgan fingerprint density at radius 1 is 1.29 bits per heavy atom. The third-order valence-electron chi connectivity index (χ3n) is 2.48. The van der Waals surface area contributed by atoms with Gasteiger partial charge in [-0.25, -0.2) is 9.78 Å². The van der Waals surface area contributed by atoms with Gasteiger partial charge in [0.2, 0.25) is 0 Å². The first kappa shape index (κ1) is 15.3. The van der Waals surface area contributed by atoms with Crippen molar-refractivity contribution in [3.05, 3.63) is 46.6 Å². The predicted octanol–water partition coefficient (Wildman–Crippen LogP) is 4.12. The predicted molar refractivity (Wildman–Crippen MR) is 81.2 cm³/mol. The molecule has 1 heterocycles. The molecule has 0 aliphatic rings. The maximum absolute atomic E-state index is 11.0. The number of carboxylic acid groups (broad SMARTS) is 1. The first-order valence-electron chi connectivity index (χ1n) is 6.29. The van der Waals surface area contributed by atoms with E-state index in [0.29, 0.717) is 16.0 Å². The SMILES string of the molecule is CC(C)Oc1cccnc1Oc1cc(C(=O)O)ccc1Br. The smallest absolute Gasteiger partial charge is 0.335 e. The van der Waals surface area contributed by atoms with E-state index in [1.54, 1.807) is 24.4 Å². The molecule has 2 aromatic rings. The average Bonchev–Trinajstić information content (AvgIpc) is 2.42. The van der Waals surface area contributed by atoms with Crippen LogP contribution in [0.5, 0.6) is 17.4 Å². The zero-order valence-electron chi connectivity index (χ0n) is 11.5.